The van der Waals surface area contributed by atoms with Crippen LogP contribution in [-0.4, -0.2) is 59.4 Å². The van der Waals surface area contributed by atoms with Crippen molar-refractivity contribution in [3.63, 3.8) is 0 Å². The number of carbonyl (C=O) groups excluding carboxylic acids is 2. The molecule has 0 radical (unpaired) electrons. The third kappa shape index (κ3) is 4.19. The van der Waals surface area contributed by atoms with Gasteiger partial charge in [0.25, 0.3) is 5.91 Å². The molecule has 2 unspecified atom stereocenters. The van der Waals surface area contributed by atoms with E-state index in [1.165, 1.54) is 13.3 Å². The van der Waals surface area contributed by atoms with Crippen LogP contribution >= 0.6 is 34.5 Å². The first-order chi connectivity index (χ1) is 15.3. The first kappa shape index (κ1) is 22.6. The zero-order chi connectivity index (χ0) is 23.0. The van der Waals surface area contributed by atoms with Crippen molar-refractivity contribution in [2.75, 3.05) is 25.1 Å². The van der Waals surface area contributed by atoms with Crippen LogP contribution in [0.25, 0.3) is 11.5 Å². The van der Waals surface area contributed by atoms with Crippen molar-refractivity contribution in [3.8, 4) is 11.5 Å². The Morgan fingerprint density at radius 3 is 2.78 bits per heavy atom. The lowest BCUT2D eigenvalue weighted by Crippen LogP contribution is -2.52. The summed E-state index contributed by atoms with van der Waals surface area (Å²) >= 11 is 13.2. The molecule has 9 nitrogen and oxygen atoms in total. The molecule has 0 spiro atoms. The number of rotatable bonds is 5. The van der Waals surface area contributed by atoms with Crippen LogP contribution in [0, 0.1) is 6.92 Å². The molecule has 32 heavy (non-hydrogen) atoms. The maximum Gasteiger partial charge on any atom is 0.350 e. The van der Waals surface area contributed by atoms with E-state index in [4.69, 9.17) is 32.5 Å². The fourth-order valence-corrected chi connectivity index (χ4v) is 4.83. The molecule has 3 aromatic heterocycles. The van der Waals surface area contributed by atoms with Gasteiger partial charge in [0.15, 0.2) is 10.9 Å². The molecule has 3 aromatic rings. The molecule has 170 valence electrons. The molecule has 2 N–H and O–H groups in total. The van der Waals surface area contributed by atoms with Gasteiger partial charge >= 0.3 is 5.97 Å². The maximum absolute atomic E-state index is 15.0. The quantitative estimate of drug-likeness (QED) is 0.510. The molecule has 1 fully saturated rings. The van der Waals surface area contributed by atoms with E-state index in [0.717, 1.165) is 11.3 Å². The van der Waals surface area contributed by atoms with Gasteiger partial charge in [-0.15, -0.1) is 0 Å². The van der Waals surface area contributed by atoms with Crippen molar-refractivity contribution in [2.24, 2.45) is 0 Å². The minimum atomic E-state index is -1.38. The highest BCUT2D eigenvalue weighted by molar-refractivity contribution is 7.17. The van der Waals surface area contributed by atoms with Crippen molar-refractivity contribution < 1.29 is 23.2 Å². The molecular formula is C19H18Cl2FN5O4S. The molecule has 4 rings (SSSR count). The summed E-state index contributed by atoms with van der Waals surface area (Å²) in [6.07, 6.45) is 0.381. The number of aryl methyl sites for hydroxylation is 1. The smallest absolute Gasteiger partial charge is 0.350 e. The third-order valence-corrected chi connectivity index (χ3v) is 7.11. The summed E-state index contributed by atoms with van der Waals surface area (Å²) < 4.78 is 24.9. The van der Waals surface area contributed by atoms with Crippen LogP contribution in [0.5, 0.6) is 0 Å². The summed E-state index contributed by atoms with van der Waals surface area (Å²) in [4.78, 5) is 33.9. The number of aromatic nitrogens is 3. The predicted molar refractivity (Wildman–Crippen MR) is 117 cm³/mol. The van der Waals surface area contributed by atoms with Gasteiger partial charge in [0.2, 0.25) is 0 Å². The summed E-state index contributed by atoms with van der Waals surface area (Å²) in [6, 6.07) is 0.857. The lowest BCUT2D eigenvalue weighted by atomic mass is 10.0. The van der Waals surface area contributed by atoms with Crippen LogP contribution in [0.3, 0.4) is 0 Å². The molecule has 1 aliphatic heterocycles. The largest absolute Gasteiger partial charge is 0.465 e. The summed E-state index contributed by atoms with van der Waals surface area (Å²) in [5.41, 5.74) is 0.943. The molecule has 2 atom stereocenters. The number of esters is 1. The summed E-state index contributed by atoms with van der Waals surface area (Å²) in [5.74, 6) is -0.791. The number of alkyl halides is 1. The van der Waals surface area contributed by atoms with Gasteiger partial charge in [0.05, 0.1) is 35.9 Å². The first-order valence-electron chi connectivity index (χ1n) is 9.53. The number of ether oxygens (including phenoxy) is 1. The zero-order valence-electron chi connectivity index (χ0n) is 16.9. The Kier molecular flexibility index (Phi) is 6.40. The highest BCUT2D eigenvalue weighted by Gasteiger charge is 2.34. The Bertz CT molecular complexity index is 1150. The highest BCUT2D eigenvalue weighted by Crippen LogP contribution is 2.35. The summed E-state index contributed by atoms with van der Waals surface area (Å²) in [6.45, 7) is 2.08. The SMILES string of the molecule is COC(=O)c1sc(N2CCC(NC(=O)c3[nH]c(C)c(Cl)c3Cl)C(F)C2)nc1-c1ccno1. The van der Waals surface area contributed by atoms with E-state index in [2.05, 4.69) is 20.4 Å². The lowest BCUT2D eigenvalue weighted by molar-refractivity contribution is 0.0606. The number of nitrogens with zero attached hydrogens (tertiary/aromatic N) is 3. The number of aromatic amines is 1. The maximum atomic E-state index is 15.0. The third-order valence-electron chi connectivity index (χ3n) is 5.07. The van der Waals surface area contributed by atoms with E-state index in [9.17, 15) is 14.0 Å². The molecular weight excluding hydrogens is 484 g/mol. The molecule has 1 aliphatic rings. The standard InChI is InChI=1S/C19H18Cl2FN5O4S/c1-8-12(20)13(21)15(24-8)17(28)25-10-4-6-27(7-9(10)22)19-26-14(11-3-5-23-31-11)16(32-19)18(29)30-2/h3,5,9-10,24H,4,6-7H2,1-2H3,(H,25,28). The molecule has 4 heterocycles. The van der Waals surface area contributed by atoms with Gasteiger partial charge in [-0.1, -0.05) is 39.7 Å². The number of nitrogens with one attached hydrogen (secondary N) is 2. The topological polar surface area (TPSA) is 113 Å². The number of H-pyrrole nitrogens is 1. The predicted octanol–water partition coefficient (Wildman–Crippen LogP) is 3.87. The fraction of sp³-hybridized carbons (Fsp3) is 0.368. The van der Waals surface area contributed by atoms with Crippen molar-refractivity contribution in [2.45, 2.75) is 25.6 Å². The van der Waals surface area contributed by atoms with Gasteiger partial charge in [-0.05, 0) is 13.3 Å². The number of thiazole rings is 1. The van der Waals surface area contributed by atoms with E-state index >= 15 is 0 Å². The molecule has 13 heteroatoms. The number of hydrogen-bond donors (Lipinski definition) is 2. The average Bonchev–Trinajstić information content (AvgIpc) is 3.51. The zero-order valence-corrected chi connectivity index (χ0v) is 19.3. The van der Waals surface area contributed by atoms with E-state index in [-0.39, 0.29) is 32.9 Å². The summed E-state index contributed by atoms with van der Waals surface area (Å²) in [5, 5.41) is 7.12. The van der Waals surface area contributed by atoms with Crippen LogP contribution in [0.1, 0.15) is 32.3 Å². The second kappa shape index (κ2) is 9.08. The van der Waals surface area contributed by atoms with Crippen molar-refractivity contribution in [1.29, 1.82) is 0 Å². The van der Waals surface area contributed by atoms with Crippen LogP contribution in [0.2, 0.25) is 10.0 Å². The monoisotopic (exact) mass is 501 g/mol. The Morgan fingerprint density at radius 2 is 2.19 bits per heavy atom. The number of amides is 1. The number of halogens is 3. The van der Waals surface area contributed by atoms with Crippen molar-refractivity contribution in [3.05, 3.63) is 38.6 Å². The molecule has 0 aliphatic carbocycles. The summed E-state index contributed by atoms with van der Waals surface area (Å²) in [7, 11) is 1.27. The average molecular weight is 502 g/mol. The lowest BCUT2D eigenvalue weighted by Gasteiger charge is -2.34. The Labute approximate surface area is 195 Å². The Balaban J connectivity index is 1.48. The second-order valence-corrected chi connectivity index (χ2v) is 8.86. The number of hydrogen-bond acceptors (Lipinski definition) is 8. The minimum absolute atomic E-state index is 0.0207. The van der Waals surface area contributed by atoms with Gasteiger partial charge in [0.1, 0.15) is 22.4 Å². The molecule has 1 amide bonds. The van der Waals surface area contributed by atoms with Crippen molar-refractivity contribution in [1.82, 2.24) is 20.4 Å². The van der Waals surface area contributed by atoms with Gasteiger partial charge in [-0.25, -0.2) is 14.2 Å². The molecule has 1 saturated heterocycles. The first-order valence-corrected chi connectivity index (χ1v) is 11.1. The number of piperidine rings is 1. The van der Waals surface area contributed by atoms with Gasteiger partial charge in [-0.2, -0.15) is 0 Å². The molecule has 0 saturated carbocycles. The van der Waals surface area contributed by atoms with Gasteiger partial charge < -0.3 is 24.5 Å². The molecule has 0 aromatic carbocycles. The van der Waals surface area contributed by atoms with E-state index in [1.54, 1.807) is 17.9 Å². The van der Waals surface area contributed by atoms with Crippen LogP contribution < -0.4 is 10.2 Å². The fourth-order valence-electron chi connectivity index (χ4n) is 3.39. The van der Waals surface area contributed by atoms with Crippen LogP contribution in [-0.2, 0) is 4.74 Å². The number of methoxy groups -OCH3 is 1. The van der Waals surface area contributed by atoms with Crippen molar-refractivity contribution >= 4 is 51.5 Å². The van der Waals surface area contributed by atoms with Crippen LogP contribution in [0.4, 0.5) is 9.52 Å². The van der Waals surface area contributed by atoms with E-state index in [1.807, 2.05) is 0 Å². The number of carbonyl (C=O) groups is 2. The Hall–Kier alpha value is -2.63. The highest BCUT2D eigenvalue weighted by atomic mass is 35.5. The number of anilines is 1. The normalized spacial score (nSPS) is 18.6. The van der Waals surface area contributed by atoms with Crippen LogP contribution in [0.15, 0.2) is 16.8 Å². The van der Waals surface area contributed by atoms with Gasteiger partial charge in [-0.3, -0.25) is 4.79 Å². The van der Waals surface area contributed by atoms with Gasteiger partial charge in [0, 0.05) is 18.3 Å². The second-order valence-electron chi connectivity index (χ2n) is 7.13. The van der Waals surface area contributed by atoms with E-state index < -0.39 is 24.1 Å². The Morgan fingerprint density at radius 1 is 1.41 bits per heavy atom. The van der Waals surface area contributed by atoms with E-state index in [0.29, 0.717) is 29.6 Å². The minimum Gasteiger partial charge on any atom is -0.465 e. The molecule has 0 bridgehead atoms.